The fourth-order valence-electron chi connectivity index (χ4n) is 1.57. The fourth-order valence-corrected chi connectivity index (χ4v) is 2.08. The smallest absolute Gasteiger partial charge is 0.239 e. The molecule has 0 heterocycles. The minimum atomic E-state index is -0.0149. The lowest BCUT2D eigenvalue weighted by molar-refractivity contribution is -0.119. The summed E-state index contributed by atoms with van der Waals surface area (Å²) in [6.07, 6.45) is 0.921. The second kappa shape index (κ2) is 7.31. The molecule has 1 rings (SSSR count). The van der Waals surface area contributed by atoms with E-state index in [1.54, 1.807) is 12.1 Å². The molecular weight excluding hydrogens is 282 g/mol. The molecule has 0 aliphatic carbocycles. The number of nitrogens with zero attached hydrogens (tertiary/aromatic N) is 1. The van der Waals surface area contributed by atoms with E-state index in [0.717, 1.165) is 12.1 Å². The fraction of sp³-hybridized carbons (Fsp3) is 0.385. The molecule has 0 spiro atoms. The molecule has 0 bridgehead atoms. The molecule has 0 atom stereocenters. The normalized spacial score (nSPS) is 10.1. The molecule has 1 amide bonds. The van der Waals surface area contributed by atoms with Gasteiger partial charge in [-0.3, -0.25) is 4.79 Å². The summed E-state index contributed by atoms with van der Waals surface area (Å²) >= 11 is 11.0. The lowest BCUT2D eigenvalue weighted by Crippen LogP contribution is -2.35. The first-order valence-corrected chi connectivity index (χ1v) is 6.81. The number of likely N-dealkylation sites (N-methyl/N-ethyl adjacent to an activating group) is 1. The van der Waals surface area contributed by atoms with Crippen molar-refractivity contribution in [2.75, 3.05) is 25.0 Å². The highest BCUT2D eigenvalue weighted by molar-refractivity contribution is 7.80. The first-order valence-electron chi connectivity index (χ1n) is 6.03. The Morgan fingerprint density at radius 3 is 2.74 bits per heavy atom. The van der Waals surface area contributed by atoms with Crippen molar-refractivity contribution in [3.05, 3.63) is 28.8 Å². The number of anilines is 1. The van der Waals surface area contributed by atoms with Gasteiger partial charge in [-0.2, -0.15) is 0 Å². The van der Waals surface area contributed by atoms with Gasteiger partial charge in [0.15, 0.2) is 0 Å². The Labute approximate surface area is 123 Å². The van der Waals surface area contributed by atoms with E-state index in [1.807, 2.05) is 24.9 Å². The highest BCUT2D eigenvalue weighted by Crippen LogP contribution is 2.22. The molecule has 0 saturated heterocycles. The summed E-state index contributed by atoms with van der Waals surface area (Å²) in [7, 11) is 1.83. The van der Waals surface area contributed by atoms with Crippen molar-refractivity contribution in [1.82, 2.24) is 5.32 Å². The van der Waals surface area contributed by atoms with Gasteiger partial charge < -0.3 is 16.0 Å². The van der Waals surface area contributed by atoms with Gasteiger partial charge in [-0.1, -0.05) is 30.7 Å². The number of nitrogens with one attached hydrogen (secondary N) is 1. The molecule has 1 aromatic carbocycles. The van der Waals surface area contributed by atoms with Crippen molar-refractivity contribution in [2.24, 2.45) is 5.73 Å². The molecule has 3 N–H and O–H groups in total. The van der Waals surface area contributed by atoms with E-state index in [9.17, 15) is 4.79 Å². The zero-order valence-electron chi connectivity index (χ0n) is 11.1. The van der Waals surface area contributed by atoms with Gasteiger partial charge in [-0.25, -0.2) is 0 Å². The Hall–Kier alpha value is -1.33. The topological polar surface area (TPSA) is 58.4 Å². The van der Waals surface area contributed by atoms with Crippen molar-refractivity contribution >= 4 is 40.4 Å². The lowest BCUT2D eigenvalue weighted by Gasteiger charge is -2.19. The van der Waals surface area contributed by atoms with Crippen LogP contribution in [0.5, 0.6) is 0 Å². The number of carbonyl (C=O) groups is 1. The van der Waals surface area contributed by atoms with Gasteiger partial charge in [0.25, 0.3) is 0 Å². The minimum absolute atomic E-state index is 0.0149. The average molecular weight is 300 g/mol. The summed E-state index contributed by atoms with van der Waals surface area (Å²) < 4.78 is 0. The molecule has 0 aliphatic heterocycles. The van der Waals surface area contributed by atoms with E-state index in [1.165, 1.54) is 0 Å². The maximum atomic E-state index is 11.6. The van der Waals surface area contributed by atoms with Crippen molar-refractivity contribution in [1.29, 1.82) is 0 Å². The zero-order valence-corrected chi connectivity index (χ0v) is 12.6. The molecule has 0 aromatic heterocycles. The minimum Gasteiger partial charge on any atom is -0.389 e. The van der Waals surface area contributed by atoms with Crippen LogP contribution in [0, 0.1) is 0 Å². The molecule has 6 heteroatoms. The van der Waals surface area contributed by atoms with E-state index < -0.39 is 0 Å². The average Bonchev–Trinajstić information content (AvgIpc) is 2.35. The number of carbonyl (C=O) groups excluding carboxylic acids is 1. The van der Waals surface area contributed by atoms with Gasteiger partial charge in [-0.05, 0) is 24.6 Å². The number of thiocarbonyl (C=S) groups is 1. The molecular formula is C13H18ClN3OS. The van der Waals surface area contributed by atoms with Gasteiger partial charge in [0.2, 0.25) is 5.91 Å². The van der Waals surface area contributed by atoms with E-state index >= 15 is 0 Å². The predicted molar refractivity (Wildman–Crippen MR) is 83.9 cm³/mol. The second-order valence-corrected chi connectivity index (χ2v) is 5.08. The van der Waals surface area contributed by atoms with Crippen LogP contribution < -0.4 is 16.0 Å². The highest BCUT2D eigenvalue weighted by atomic mass is 35.5. The van der Waals surface area contributed by atoms with Crippen LogP contribution >= 0.6 is 23.8 Å². The Morgan fingerprint density at radius 2 is 2.21 bits per heavy atom. The quantitative estimate of drug-likeness (QED) is 0.788. The summed E-state index contributed by atoms with van der Waals surface area (Å²) in [5.74, 6) is -0.0149. The molecule has 0 radical (unpaired) electrons. The highest BCUT2D eigenvalue weighted by Gasteiger charge is 2.10. The monoisotopic (exact) mass is 299 g/mol. The van der Waals surface area contributed by atoms with Crippen LogP contribution in [0.3, 0.4) is 0 Å². The molecule has 1 aromatic rings. The first kappa shape index (κ1) is 15.7. The molecule has 0 saturated carbocycles. The molecule has 0 unspecified atom stereocenters. The van der Waals surface area contributed by atoms with Crippen LogP contribution in [-0.2, 0) is 4.79 Å². The van der Waals surface area contributed by atoms with Gasteiger partial charge in [0, 0.05) is 24.8 Å². The standard InChI is InChI=1S/C13H18ClN3OS/c1-3-6-16-12(18)8-17(2)9-4-5-10(13(15)19)11(14)7-9/h4-5,7H,3,6,8H2,1-2H3,(H2,15,19)(H,16,18). The van der Waals surface area contributed by atoms with Crippen molar-refractivity contribution in [3.63, 3.8) is 0 Å². The van der Waals surface area contributed by atoms with Gasteiger partial charge in [-0.15, -0.1) is 0 Å². The Bertz CT molecular complexity index is 479. The van der Waals surface area contributed by atoms with Crippen molar-refractivity contribution < 1.29 is 4.79 Å². The number of rotatable bonds is 6. The van der Waals surface area contributed by atoms with Crippen molar-refractivity contribution in [3.8, 4) is 0 Å². The third-order valence-corrected chi connectivity index (χ3v) is 3.14. The summed E-state index contributed by atoms with van der Waals surface area (Å²) in [5.41, 5.74) is 7.03. The van der Waals surface area contributed by atoms with E-state index in [4.69, 9.17) is 29.6 Å². The summed E-state index contributed by atoms with van der Waals surface area (Å²) in [6.45, 7) is 2.98. The number of hydrogen-bond donors (Lipinski definition) is 2. The Morgan fingerprint density at radius 1 is 1.53 bits per heavy atom. The van der Waals surface area contributed by atoms with Gasteiger partial charge in [0.05, 0.1) is 11.6 Å². The Balaban J connectivity index is 2.72. The molecule has 4 nitrogen and oxygen atoms in total. The predicted octanol–water partition coefficient (Wildman–Crippen LogP) is 1.94. The molecule has 104 valence electrons. The maximum absolute atomic E-state index is 11.6. The van der Waals surface area contributed by atoms with Gasteiger partial charge >= 0.3 is 0 Å². The number of nitrogens with two attached hydrogens (primary N) is 1. The number of halogens is 1. The first-order chi connectivity index (χ1) is 8.95. The van der Waals surface area contributed by atoms with E-state index in [2.05, 4.69) is 5.32 Å². The molecule has 19 heavy (non-hydrogen) atoms. The Kier molecular flexibility index (Phi) is 6.05. The van der Waals surface area contributed by atoms with E-state index in [0.29, 0.717) is 17.1 Å². The van der Waals surface area contributed by atoms with Crippen LogP contribution in [0.2, 0.25) is 5.02 Å². The van der Waals surface area contributed by atoms with Crippen molar-refractivity contribution in [2.45, 2.75) is 13.3 Å². The second-order valence-electron chi connectivity index (χ2n) is 4.23. The zero-order chi connectivity index (χ0) is 14.4. The maximum Gasteiger partial charge on any atom is 0.239 e. The van der Waals surface area contributed by atoms with Gasteiger partial charge in [0.1, 0.15) is 4.99 Å². The lowest BCUT2D eigenvalue weighted by atomic mass is 10.2. The van der Waals surface area contributed by atoms with E-state index in [-0.39, 0.29) is 17.4 Å². The van der Waals surface area contributed by atoms with Crippen LogP contribution in [0.15, 0.2) is 18.2 Å². The molecule has 0 aliphatic rings. The van der Waals surface area contributed by atoms with Crippen LogP contribution in [0.4, 0.5) is 5.69 Å². The number of amides is 1. The number of hydrogen-bond acceptors (Lipinski definition) is 3. The summed E-state index contributed by atoms with van der Waals surface area (Å²) in [5, 5.41) is 3.31. The summed E-state index contributed by atoms with van der Waals surface area (Å²) in [6, 6.07) is 5.36. The largest absolute Gasteiger partial charge is 0.389 e. The third kappa shape index (κ3) is 4.69. The van der Waals surface area contributed by atoms with Crippen LogP contribution in [0.1, 0.15) is 18.9 Å². The SMILES string of the molecule is CCCNC(=O)CN(C)c1ccc(C(N)=S)c(Cl)c1. The van der Waals surface area contributed by atoms with Crippen LogP contribution in [0.25, 0.3) is 0 Å². The third-order valence-electron chi connectivity index (χ3n) is 2.61. The molecule has 0 fully saturated rings. The number of benzene rings is 1. The summed E-state index contributed by atoms with van der Waals surface area (Å²) in [4.78, 5) is 13.7. The van der Waals surface area contributed by atoms with Crippen LogP contribution in [-0.4, -0.2) is 31.0 Å².